The van der Waals surface area contributed by atoms with Crippen molar-refractivity contribution in [3.05, 3.63) is 81.2 Å². The number of esters is 1. The van der Waals surface area contributed by atoms with E-state index in [9.17, 15) is 22.6 Å². The third-order valence-electron chi connectivity index (χ3n) is 9.09. The first kappa shape index (κ1) is 30.0. The van der Waals surface area contributed by atoms with E-state index in [-0.39, 0.29) is 35.6 Å². The molecule has 1 saturated carbocycles. The van der Waals surface area contributed by atoms with Crippen molar-refractivity contribution in [1.82, 2.24) is 0 Å². The monoisotopic (exact) mass is 613 g/mol. The maximum Gasteiger partial charge on any atom is 0.343 e. The van der Waals surface area contributed by atoms with E-state index in [1.807, 2.05) is 49.4 Å². The zero-order valence-electron chi connectivity index (χ0n) is 25.1. The smallest absolute Gasteiger partial charge is 0.343 e. The maximum absolute atomic E-state index is 13.2. The van der Waals surface area contributed by atoms with Crippen LogP contribution in [0.15, 0.2) is 57.8 Å². The van der Waals surface area contributed by atoms with E-state index in [2.05, 4.69) is 36.3 Å². The highest BCUT2D eigenvalue weighted by atomic mass is 32.2. The highest BCUT2D eigenvalue weighted by Crippen LogP contribution is 2.58. The Labute approximate surface area is 257 Å². The van der Waals surface area contributed by atoms with E-state index in [1.54, 1.807) is 6.08 Å². The maximum atomic E-state index is 13.2. The topological polar surface area (TPSA) is 117 Å². The highest BCUT2D eigenvalue weighted by Gasteiger charge is 2.56. The number of carbonyl (C=O) groups excluding carboxylic acids is 1. The molecule has 44 heavy (non-hydrogen) atoms. The third kappa shape index (κ3) is 5.64. The molecule has 8 nitrogen and oxygen atoms in total. The number of ether oxygens (including phenoxy) is 1. The molecule has 0 spiro atoms. The van der Waals surface area contributed by atoms with Crippen molar-refractivity contribution < 1.29 is 31.5 Å². The van der Waals surface area contributed by atoms with Crippen molar-refractivity contribution in [3.63, 3.8) is 0 Å². The fraction of sp³-hybridized carbons (Fsp3) is 0.400. The van der Waals surface area contributed by atoms with Crippen molar-refractivity contribution in [2.75, 3.05) is 18.9 Å². The summed E-state index contributed by atoms with van der Waals surface area (Å²) < 4.78 is 46.7. The molecule has 9 heteroatoms. The average molecular weight is 614 g/mol. The first-order valence-corrected chi connectivity index (χ1v) is 16.7. The van der Waals surface area contributed by atoms with Crippen LogP contribution in [0.5, 0.6) is 0 Å². The van der Waals surface area contributed by atoms with E-state index < -0.39 is 21.5 Å². The third-order valence-corrected chi connectivity index (χ3v) is 9.88. The SMILES string of the molecule is CCOC(=O)C1C2CCC#Cc3cc4oc(=O)c(/C=C/C5=[N+](CCCCS(=O)(=O)[O-])c6ccccc6C5(C)C)cc4cc3C21. The number of unbranched alkanes of at least 4 members (excludes halogenated alkanes) is 1. The molecule has 0 bridgehead atoms. The van der Waals surface area contributed by atoms with E-state index >= 15 is 0 Å². The van der Waals surface area contributed by atoms with Gasteiger partial charge in [-0.05, 0) is 69.4 Å². The van der Waals surface area contributed by atoms with Crippen LogP contribution in [-0.4, -0.2) is 48.1 Å². The zero-order valence-corrected chi connectivity index (χ0v) is 25.9. The number of hydrogen-bond donors (Lipinski definition) is 0. The summed E-state index contributed by atoms with van der Waals surface area (Å²) in [5, 5.41) is 0.758. The number of carbonyl (C=O) groups is 1. The van der Waals surface area contributed by atoms with Gasteiger partial charge in [-0.2, -0.15) is 4.58 Å². The van der Waals surface area contributed by atoms with Crippen LogP contribution in [0.3, 0.4) is 0 Å². The van der Waals surface area contributed by atoms with Gasteiger partial charge in [-0.25, -0.2) is 13.2 Å². The number of allylic oxidation sites excluding steroid dienone is 1. The Morgan fingerprint density at radius 2 is 1.98 bits per heavy atom. The summed E-state index contributed by atoms with van der Waals surface area (Å²) in [6, 6.07) is 13.7. The summed E-state index contributed by atoms with van der Waals surface area (Å²) in [6.07, 6.45) is 6.02. The van der Waals surface area contributed by atoms with Crippen LogP contribution in [0.4, 0.5) is 5.69 Å². The lowest BCUT2D eigenvalue weighted by Gasteiger charge is -2.15. The van der Waals surface area contributed by atoms with Gasteiger partial charge in [0.25, 0.3) is 0 Å². The Hall–Kier alpha value is -4.00. The second-order valence-electron chi connectivity index (χ2n) is 12.3. The molecule has 1 aliphatic heterocycles. The van der Waals surface area contributed by atoms with Gasteiger partial charge in [-0.1, -0.05) is 30.0 Å². The molecule has 228 valence electrons. The molecule has 1 fully saturated rings. The molecule has 2 heterocycles. The Balaban J connectivity index is 1.36. The van der Waals surface area contributed by atoms with Gasteiger partial charge in [0.2, 0.25) is 5.69 Å². The minimum absolute atomic E-state index is 0.0347. The van der Waals surface area contributed by atoms with Crippen LogP contribution in [0.25, 0.3) is 17.0 Å². The molecule has 0 N–H and O–H groups in total. The number of hydrogen-bond acceptors (Lipinski definition) is 7. The van der Waals surface area contributed by atoms with Crippen LogP contribution >= 0.6 is 0 Å². The van der Waals surface area contributed by atoms with Crippen LogP contribution < -0.4 is 5.63 Å². The van der Waals surface area contributed by atoms with E-state index in [1.165, 1.54) is 0 Å². The standard InChI is InChI=1S/C35H35NO7S/c1-4-42-34(38)32-25-12-6-5-11-22-21-29-24(20-26(22)31(25)32)19-23(33(37)43-29)15-16-30-35(2,3)27-13-7-8-14-28(27)36(30)17-9-10-18-44(39,40)41/h7-8,13-16,19-21,25,31-32H,4,6,9-10,12,17-18H2,1-3H3/b16-15+. The van der Waals surface area contributed by atoms with Gasteiger partial charge < -0.3 is 13.7 Å². The fourth-order valence-corrected chi connectivity index (χ4v) is 7.47. The summed E-state index contributed by atoms with van der Waals surface area (Å²) in [6.45, 7) is 6.91. The van der Waals surface area contributed by atoms with Crippen LogP contribution in [-0.2, 0) is 25.1 Å². The minimum atomic E-state index is -4.27. The minimum Gasteiger partial charge on any atom is -0.748 e. The molecule has 3 unspecified atom stereocenters. The summed E-state index contributed by atoms with van der Waals surface area (Å²) in [7, 11) is -4.27. The molecule has 6 rings (SSSR count). The first-order chi connectivity index (χ1) is 21.0. The van der Waals surface area contributed by atoms with E-state index in [0.717, 1.165) is 39.9 Å². The molecule has 2 aliphatic carbocycles. The number of fused-ring (bicyclic) bond motifs is 5. The van der Waals surface area contributed by atoms with Crippen molar-refractivity contribution in [1.29, 1.82) is 0 Å². The lowest BCUT2D eigenvalue weighted by molar-refractivity contribution is -0.438. The lowest BCUT2D eigenvalue weighted by Crippen LogP contribution is -2.28. The van der Waals surface area contributed by atoms with Crippen LogP contribution in [0, 0.1) is 23.7 Å². The Bertz CT molecular complexity index is 1960. The molecule has 0 saturated heterocycles. The van der Waals surface area contributed by atoms with Gasteiger partial charge >= 0.3 is 11.6 Å². The van der Waals surface area contributed by atoms with Gasteiger partial charge in [0, 0.05) is 53.2 Å². The summed E-state index contributed by atoms with van der Waals surface area (Å²) in [4.78, 5) is 25.8. The normalized spacial score (nSPS) is 21.6. The fourth-order valence-electron chi connectivity index (χ4n) is 6.91. The molecule has 3 aromatic rings. The summed E-state index contributed by atoms with van der Waals surface area (Å²) in [5.74, 6) is 5.88. The van der Waals surface area contributed by atoms with Crippen molar-refractivity contribution in [2.45, 2.75) is 57.8 Å². The predicted molar refractivity (Wildman–Crippen MR) is 167 cm³/mol. The molecular weight excluding hydrogens is 578 g/mol. The lowest BCUT2D eigenvalue weighted by atomic mass is 9.81. The second kappa shape index (κ2) is 11.5. The molecule has 1 aromatic heterocycles. The average Bonchev–Trinajstić information content (AvgIpc) is 3.62. The number of benzene rings is 2. The zero-order chi connectivity index (χ0) is 31.2. The summed E-state index contributed by atoms with van der Waals surface area (Å²) in [5.41, 5.74) is 4.85. The Morgan fingerprint density at radius 1 is 1.18 bits per heavy atom. The second-order valence-corrected chi connectivity index (χ2v) is 13.8. The molecule has 3 aliphatic rings. The van der Waals surface area contributed by atoms with Gasteiger partial charge in [-0.3, -0.25) is 4.79 Å². The molecule has 0 radical (unpaired) electrons. The van der Waals surface area contributed by atoms with Gasteiger partial charge in [0.1, 0.15) is 12.1 Å². The van der Waals surface area contributed by atoms with Crippen molar-refractivity contribution in [2.24, 2.45) is 11.8 Å². The summed E-state index contributed by atoms with van der Waals surface area (Å²) >= 11 is 0. The van der Waals surface area contributed by atoms with Crippen molar-refractivity contribution >= 4 is 44.5 Å². The number of nitrogens with zero attached hydrogens (tertiary/aromatic N) is 1. The number of para-hydroxylation sites is 1. The first-order valence-electron chi connectivity index (χ1n) is 15.1. The molecular formula is C35H35NO7S. The predicted octanol–water partition coefficient (Wildman–Crippen LogP) is 5.25. The van der Waals surface area contributed by atoms with E-state index in [0.29, 0.717) is 37.1 Å². The van der Waals surface area contributed by atoms with Crippen LogP contribution in [0.1, 0.15) is 74.6 Å². The van der Waals surface area contributed by atoms with Gasteiger partial charge in [-0.15, -0.1) is 0 Å². The van der Waals surface area contributed by atoms with Crippen LogP contribution in [0.2, 0.25) is 0 Å². The molecule has 0 amide bonds. The quantitative estimate of drug-likeness (QED) is 0.0809. The van der Waals surface area contributed by atoms with E-state index in [4.69, 9.17) is 9.15 Å². The highest BCUT2D eigenvalue weighted by molar-refractivity contribution is 7.85. The Kier molecular flexibility index (Phi) is 7.85. The largest absolute Gasteiger partial charge is 0.748 e. The Morgan fingerprint density at radius 3 is 2.75 bits per heavy atom. The molecule has 3 atom stereocenters. The van der Waals surface area contributed by atoms with Gasteiger partial charge in [0.05, 0.1) is 33.6 Å². The van der Waals surface area contributed by atoms with Gasteiger partial charge in [0.15, 0.2) is 5.71 Å². The number of rotatable bonds is 9. The molecule has 2 aromatic carbocycles. The van der Waals surface area contributed by atoms with Crippen molar-refractivity contribution in [3.8, 4) is 11.8 Å².